The molecule has 0 saturated heterocycles. The first kappa shape index (κ1) is 22.2. The number of para-hydroxylation sites is 1. The molecule has 1 heterocycles. The summed E-state index contributed by atoms with van der Waals surface area (Å²) in [6.45, 7) is 2.29. The van der Waals surface area contributed by atoms with E-state index in [9.17, 15) is 14.7 Å². The molecule has 8 heteroatoms. The van der Waals surface area contributed by atoms with Crippen LogP contribution in [0.3, 0.4) is 0 Å². The SMILES string of the molecule is COc1ccc(-c2cc(=O)c3cccc(Cl)c3o2)cc1OCCOC1CC(C)(C(=O)O)C1. The first-order valence-electron chi connectivity index (χ1n) is 10.2. The van der Waals surface area contributed by atoms with Crippen molar-refractivity contribution in [3.05, 3.63) is 57.7 Å². The van der Waals surface area contributed by atoms with E-state index in [1.807, 2.05) is 0 Å². The van der Waals surface area contributed by atoms with Crippen LogP contribution in [-0.4, -0.2) is 37.5 Å². The predicted octanol–water partition coefficient (Wildman–Crippen LogP) is 4.77. The van der Waals surface area contributed by atoms with Gasteiger partial charge in [0.05, 0.1) is 35.6 Å². The third-order valence-electron chi connectivity index (χ3n) is 5.72. The number of ether oxygens (including phenoxy) is 3. The summed E-state index contributed by atoms with van der Waals surface area (Å²) in [5, 5.41) is 9.95. The Hall–Kier alpha value is -3.03. The molecule has 1 saturated carbocycles. The van der Waals surface area contributed by atoms with Gasteiger partial charge in [0.2, 0.25) is 0 Å². The van der Waals surface area contributed by atoms with Gasteiger partial charge >= 0.3 is 5.97 Å². The Kier molecular flexibility index (Phi) is 6.13. The van der Waals surface area contributed by atoms with E-state index in [1.54, 1.807) is 43.3 Å². The summed E-state index contributed by atoms with van der Waals surface area (Å²) < 4.78 is 22.8. The van der Waals surface area contributed by atoms with E-state index in [0.29, 0.717) is 58.3 Å². The lowest BCUT2D eigenvalue weighted by molar-refractivity contribution is -0.165. The molecule has 2 aromatic carbocycles. The summed E-state index contributed by atoms with van der Waals surface area (Å²) in [5.74, 6) is 0.565. The number of hydrogen-bond donors (Lipinski definition) is 1. The zero-order valence-electron chi connectivity index (χ0n) is 17.7. The molecule has 0 bridgehead atoms. The van der Waals surface area contributed by atoms with E-state index in [4.69, 9.17) is 30.2 Å². The Morgan fingerprint density at radius 2 is 1.97 bits per heavy atom. The van der Waals surface area contributed by atoms with Crippen LogP contribution in [0.15, 0.2) is 51.7 Å². The number of methoxy groups -OCH3 is 1. The van der Waals surface area contributed by atoms with Gasteiger partial charge in [-0.05, 0) is 50.1 Å². The molecule has 0 aliphatic heterocycles. The van der Waals surface area contributed by atoms with Gasteiger partial charge in [0.25, 0.3) is 0 Å². The number of hydrogen-bond acceptors (Lipinski definition) is 6. The predicted molar refractivity (Wildman–Crippen MR) is 120 cm³/mol. The van der Waals surface area contributed by atoms with Gasteiger partial charge in [-0.1, -0.05) is 17.7 Å². The van der Waals surface area contributed by atoms with Crippen LogP contribution in [0.4, 0.5) is 0 Å². The van der Waals surface area contributed by atoms with Crippen LogP contribution in [0.5, 0.6) is 11.5 Å². The summed E-state index contributed by atoms with van der Waals surface area (Å²) in [7, 11) is 1.54. The van der Waals surface area contributed by atoms with Crippen LogP contribution in [-0.2, 0) is 9.53 Å². The lowest BCUT2D eigenvalue weighted by atomic mass is 9.68. The molecule has 0 unspecified atom stereocenters. The van der Waals surface area contributed by atoms with Crippen LogP contribution in [0.2, 0.25) is 5.02 Å². The zero-order chi connectivity index (χ0) is 22.9. The number of benzene rings is 2. The quantitative estimate of drug-likeness (QED) is 0.486. The van der Waals surface area contributed by atoms with E-state index in [2.05, 4.69) is 0 Å². The molecule has 0 amide bonds. The number of rotatable bonds is 8. The highest BCUT2D eigenvalue weighted by molar-refractivity contribution is 6.34. The minimum Gasteiger partial charge on any atom is -0.493 e. The maximum Gasteiger partial charge on any atom is 0.309 e. The van der Waals surface area contributed by atoms with Crippen molar-refractivity contribution in [2.45, 2.75) is 25.9 Å². The van der Waals surface area contributed by atoms with E-state index >= 15 is 0 Å². The van der Waals surface area contributed by atoms with Crippen LogP contribution in [0.25, 0.3) is 22.3 Å². The number of carbonyl (C=O) groups is 1. The Morgan fingerprint density at radius 3 is 2.69 bits per heavy atom. The first-order valence-corrected chi connectivity index (χ1v) is 10.6. The van der Waals surface area contributed by atoms with Crippen molar-refractivity contribution in [3.8, 4) is 22.8 Å². The molecule has 1 fully saturated rings. The Morgan fingerprint density at radius 1 is 1.19 bits per heavy atom. The van der Waals surface area contributed by atoms with Gasteiger partial charge in [-0.25, -0.2) is 0 Å². The second-order valence-corrected chi connectivity index (χ2v) is 8.48. The van der Waals surface area contributed by atoms with Gasteiger partial charge in [0.15, 0.2) is 22.5 Å². The summed E-state index contributed by atoms with van der Waals surface area (Å²) >= 11 is 6.21. The van der Waals surface area contributed by atoms with Gasteiger partial charge < -0.3 is 23.7 Å². The molecule has 1 aromatic heterocycles. The maximum atomic E-state index is 12.5. The van der Waals surface area contributed by atoms with Crippen molar-refractivity contribution in [3.63, 3.8) is 0 Å². The second-order valence-electron chi connectivity index (χ2n) is 8.07. The summed E-state index contributed by atoms with van der Waals surface area (Å²) in [6.07, 6.45) is 0.902. The summed E-state index contributed by atoms with van der Waals surface area (Å²) in [4.78, 5) is 23.7. The molecule has 1 aliphatic carbocycles. The summed E-state index contributed by atoms with van der Waals surface area (Å²) in [5.41, 5.74) is 0.0776. The highest BCUT2D eigenvalue weighted by Gasteiger charge is 2.47. The Balaban J connectivity index is 1.46. The molecule has 168 valence electrons. The average molecular weight is 459 g/mol. The van der Waals surface area contributed by atoms with Gasteiger partial charge in [-0.15, -0.1) is 0 Å². The fourth-order valence-electron chi connectivity index (χ4n) is 3.83. The van der Waals surface area contributed by atoms with Crippen molar-refractivity contribution in [1.29, 1.82) is 0 Å². The molecular weight excluding hydrogens is 436 g/mol. The van der Waals surface area contributed by atoms with Crippen molar-refractivity contribution >= 4 is 28.5 Å². The number of halogens is 1. The molecular formula is C24H23ClO7. The highest BCUT2D eigenvalue weighted by atomic mass is 35.5. The minimum atomic E-state index is -0.795. The lowest BCUT2D eigenvalue weighted by Crippen LogP contribution is -2.46. The number of carboxylic acid groups (broad SMARTS) is 1. The molecule has 32 heavy (non-hydrogen) atoms. The minimum absolute atomic E-state index is 0.0791. The second kappa shape index (κ2) is 8.84. The fraction of sp³-hybridized carbons (Fsp3) is 0.333. The normalized spacial score (nSPS) is 20.0. The van der Waals surface area contributed by atoms with Crippen LogP contribution in [0.1, 0.15) is 19.8 Å². The smallest absolute Gasteiger partial charge is 0.309 e. The summed E-state index contributed by atoms with van der Waals surface area (Å²) in [6, 6.07) is 11.7. The van der Waals surface area contributed by atoms with Crippen molar-refractivity contribution in [2.24, 2.45) is 5.41 Å². The maximum absolute atomic E-state index is 12.5. The average Bonchev–Trinajstić information content (AvgIpc) is 2.75. The van der Waals surface area contributed by atoms with Crippen LogP contribution in [0, 0.1) is 5.41 Å². The first-order chi connectivity index (χ1) is 15.3. The third kappa shape index (κ3) is 4.31. The molecule has 1 N–H and O–H groups in total. The van der Waals surface area contributed by atoms with Gasteiger partial charge in [-0.2, -0.15) is 0 Å². The van der Waals surface area contributed by atoms with Crippen molar-refractivity contribution in [1.82, 2.24) is 0 Å². The molecule has 7 nitrogen and oxygen atoms in total. The molecule has 3 aromatic rings. The van der Waals surface area contributed by atoms with E-state index in [-0.39, 0.29) is 18.1 Å². The van der Waals surface area contributed by atoms with Crippen molar-refractivity contribution < 1.29 is 28.5 Å². The van der Waals surface area contributed by atoms with Gasteiger partial charge in [-0.3, -0.25) is 9.59 Å². The van der Waals surface area contributed by atoms with E-state index in [0.717, 1.165) is 0 Å². The molecule has 0 radical (unpaired) electrons. The lowest BCUT2D eigenvalue weighted by Gasteiger charge is -2.41. The fourth-order valence-corrected chi connectivity index (χ4v) is 4.05. The van der Waals surface area contributed by atoms with Gasteiger partial charge in [0, 0.05) is 11.6 Å². The third-order valence-corrected chi connectivity index (χ3v) is 6.02. The molecule has 1 aliphatic rings. The number of fused-ring (bicyclic) bond motifs is 1. The standard InChI is InChI=1S/C24H23ClO7/c1-24(23(27)28)12-15(13-24)30-8-9-31-21-10-14(6-7-19(21)29-2)20-11-18(26)16-4-3-5-17(25)22(16)32-20/h3-7,10-11,15H,8-9,12-13H2,1-2H3,(H,27,28). The van der Waals surface area contributed by atoms with Crippen LogP contribution < -0.4 is 14.9 Å². The van der Waals surface area contributed by atoms with Crippen molar-refractivity contribution in [2.75, 3.05) is 20.3 Å². The molecule has 0 atom stereocenters. The Labute approximate surface area is 189 Å². The number of carboxylic acids is 1. The zero-order valence-corrected chi connectivity index (χ0v) is 18.5. The highest BCUT2D eigenvalue weighted by Crippen LogP contribution is 2.42. The largest absolute Gasteiger partial charge is 0.493 e. The number of aliphatic carboxylic acids is 1. The van der Waals surface area contributed by atoms with E-state index < -0.39 is 11.4 Å². The monoisotopic (exact) mass is 458 g/mol. The molecule has 0 spiro atoms. The van der Waals surface area contributed by atoms with E-state index in [1.165, 1.54) is 13.2 Å². The topological polar surface area (TPSA) is 95.2 Å². The van der Waals surface area contributed by atoms with Gasteiger partial charge in [0.1, 0.15) is 12.4 Å². The Bertz CT molecular complexity index is 1210. The van der Waals surface area contributed by atoms with Crippen LogP contribution >= 0.6 is 11.6 Å². The molecule has 4 rings (SSSR count).